The third kappa shape index (κ3) is 10.6. The molecule has 18 aromatic rings. The summed E-state index contributed by atoms with van der Waals surface area (Å²) in [6.07, 6.45) is 0. The molecule has 0 aliphatic rings. The van der Waals surface area contributed by atoms with Gasteiger partial charge in [-0.05, 0) is 160 Å². The molecule has 3 N–H and O–H groups in total. The summed E-state index contributed by atoms with van der Waals surface area (Å²) in [4.78, 5) is 28.5. The number of fused-ring (bicyclic) bond motifs is 9. The predicted molar refractivity (Wildman–Crippen MR) is 369 cm³/mol. The number of thiazole rings is 6. The zero-order valence-corrected chi connectivity index (χ0v) is 51.8. The number of phenols is 3. The van der Waals surface area contributed by atoms with E-state index < -0.39 is 0 Å². The molecule has 12 aromatic carbocycles. The van der Waals surface area contributed by atoms with Gasteiger partial charge in [-0.1, -0.05) is 109 Å². The normalized spacial score (nSPS) is 11.5. The van der Waals surface area contributed by atoms with Crippen LogP contribution in [0.1, 0.15) is 0 Å². The molecule has 16 heteroatoms. The van der Waals surface area contributed by atoms with Crippen LogP contribution in [0.15, 0.2) is 237 Å². The maximum absolute atomic E-state index is 10.6. The van der Waals surface area contributed by atoms with E-state index in [0.717, 1.165) is 143 Å². The van der Waals surface area contributed by atoms with Gasteiger partial charge in [0.05, 0.1) is 78.0 Å². The largest absolute Gasteiger partial charge is 0.507 e. The fourth-order valence-electron chi connectivity index (χ4n) is 10.7. The van der Waals surface area contributed by atoms with Gasteiger partial charge in [0, 0.05) is 33.8 Å². The number of aromatic hydroxyl groups is 3. The predicted octanol–water partition coefficient (Wildman–Crippen LogP) is 21.3. The summed E-state index contributed by atoms with van der Waals surface area (Å²) in [5.41, 5.74) is 11.5. The first-order chi connectivity index (χ1) is 42.7. The summed E-state index contributed by atoms with van der Waals surface area (Å²) in [6, 6.07) is 79.0. The Bertz CT molecular complexity index is 4960. The second-order valence-electron chi connectivity index (χ2n) is 20.7. The molecular formula is C72H42FeN6O3S6. The zero-order valence-electron chi connectivity index (χ0n) is 45.8. The molecule has 0 bridgehead atoms. The SMILES string of the molecule is Oc1cc2ccc(-c3nc4ccccc4s3)cc2cc1-c1nc2ccccc2s1.Oc1cc2ccc(-c3nc4ccccc4s3)cc2cc1-c1nc2ccccc2s1.Oc1cc2ccc(-c3nc4ccccc4s3)cc2cc1-c1nc2ccccc2s1.[Fe]. The van der Waals surface area contributed by atoms with Gasteiger partial charge in [0.15, 0.2) is 0 Å². The summed E-state index contributed by atoms with van der Waals surface area (Å²) in [5.74, 6) is 0.762. The van der Waals surface area contributed by atoms with Crippen molar-refractivity contribution >= 4 is 162 Å². The van der Waals surface area contributed by atoms with E-state index in [2.05, 4.69) is 72.8 Å². The molecular weight excluding hydrogens is 1250 g/mol. The maximum Gasteiger partial charge on any atom is 0.128 e. The molecule has 18 rings (SSSR count). The van der Waals surface area contributed by atoms with Gasteiger partial charge < -0.3 is 15.3 Å². The first-order valence-electron chi connectivity index (χ1n) is 27.7. The molecule has 0 fully saturated rings. The number of nitrogens with zero attached hydrogens (tertiary/aromatic N) is 6. The summed E-state index contributed by atoms with van der Waals surface area (Å²) in [7, 11) is 0. The van der Waals surface area contributed by atoms with Crippen molar-refractivity contribution in [2.24, 2.45) is 0 Å². The average Bonchev–Trinajstić information content (AvgIpc) is 2.12. The van der Waals surface area contributed by atoms with Crippen LogP contribution in [0.3, 0.4) is 0 Å². The van der Waals surface area contributed by atoms with Gasteiger partial charge >= 0.3 is 0 Å². The van der Waals surface area contributed by atoms with E-state index >= 15 is 0 Å². The number of hydrogen-bond donors (Lipinski definition) is 3. The fourth-order valence-corrected chi connectivity index (χ4v) is 16.6. The smallest absolute Gasteiger partial charge is 0.128 e. The minimum Gasteiger partial charge on any atom is -0.507 e. The van der Waals surface area contributed by atoms with Crippen molar-refractivity contribution in [3.05, 3.63) is 237 Å². The average molecular weight is 1290 g/mol. The van der Waals surface area contributed by atoms with Gasteiger partial charge in [0.25, 0.3) is 0 Å². The second-order valence-corrected chi connectivity index (χ2v) is 26.9. The molecule has 0 saturated heterocycles. The van der Waals surface area contributed by atoms with E-state index in [1.807, 2.05) is 164 Å². The number of rotatable bonds is 6. The van der Waals surface area contributed by atoms with Crippen LogP contribution in [0.5, 0.6) is 17.2 Å². The van der Waals surface area contributed by atoms with Gasteiger partial charge in [0.1, 0.15) is 47.3 Å². The molecule has 0 radical (unpaired) electrons. The van der Waals surface area contributed by atoms with Crippen molar-refractivity contribution in [2.45, 2.75) is 0 Å². The Morgan fingerprint density at radius 1 is 0.216 bits per heavy atom. The zero-order chi connectivity index (χ0) is 58.1. The standard InChI is InChI=1S/3C24H14N2OS2.Fe/c3*27-20-13-14-9-10-15(23-25-18-5-1-3-7-21(18)28-23)11-16(14)12-17(20)24-26-19-6-2-4-8-22(19)29-24;/h3*1-13,27H;. The van der Waals surface area contributed by atoms with Crippen LogP contribution >= 0.6 is 68.0 Å². The van der Waals surface area contributed by atoms with Crippen molar-refractivity contribution in [1.82, 2.24) is 29.9 Å². The molecule has 0 aliphatic carbocycles. The minimum atomic E-state index is 0. The van der Waals surface area contributed by atoms with Crippen molar-refractivity contribution in [1.29, 1.82) is 0 Å². The number of phenolic OH excluding ortho intramolecular Hbond substituents is 3. The van der Waals surface area contributed by atoms with E-state index in [4.69, 9.17) is 29.9 Å². The second kappa shape index (κ2) is 23.1. The van der Waals surface area contributed by atoms with Crippen LogP contribution in [-0.2, 0) is 17.1 Å². The Hall–Kier alpha value is -9.32. The number of hydrogen-bond acceptors (Lipinski definition) is 15. The van der Waals surface area contributed by atoms with Crippen LogP contribution in [0.4, 0.5) is 0 Å². The van der Waals surface area contributed by atoms with Crippen LogP contribution in [0.25, 0.3) is 157 Å². The van der Waals surface area contributed by atoms with Gasteiger partial charge in [-0.15, -0.1) is 68.0 Å². The van der Waals surface area contributed by atoms with Gasteiger partial charge in [0.2, 0.25) is 0 Å². The van der Waals surface area contributed by atoms with Crippen molar-refractivity contribution in [3.8, 4) is 80.7 Å². The Balaban J connectivity index is 0.000000110. The van der Waals surface area contributed by atoms with Gasteiger partial charge in [-0.2, -0.15) is 0 Å². The third-order valence-corrected chi connectivity index (χ3v) is 21.5. The Labute approximate surface area is 536 Å². The molecule has 9 nitrogen and oxygen atoms in total. The van der Waals surface area contributed by atoms with Crippen LogP contribution in [0, 0.1) is 0 Å². The molecule has 0 amide bonds. The minimum absolute atomic E-state index is 0. The molecule has 0 aliphatic heterocycles. The van der Waals surface area contributed by atoms with Crippen LogP contribution < -0.4 is 0 Å². The number of benzene rings is 12. The summed E-state index contributed by atoms with van der Waals surface area (Å²) >= 11 is 9.87. The quantitative estimate of drug-likeness (QED) is 0.139. The monoisotopic (exact) mass is 1290 g/mol. The van der Waals surface area contributed by atoms with Crippen molar-refractivity contribution in [3.63, 3.8) is 0 Å². The molecule has 422 valence electrons. The molecule has 6 heterocycles. The molecule has 88 heavy (non-hydrogen) atoms. The number of aromatic nitrogens is 6. The summed E-state index contributed by atoms with van der Waals surface area (Å²) in [6.45, 7) is 0. The maximum atomic E-state index is 10.6. The van der Waals surface area contributed by atoms with Crippen LogP contribution in [0.2, 0.25) is 0 Å². The first-order valence-corrected chi connectivity index (χ1v) is 32.6. The van der Waals surface area contributed by atoms with Crippen molar-refractivity contribution in [2.75, 3.05) is 0 Å². The summed E-state index contributed by atoms with van der Waals surface area (Å²) < 4.78 is 6.90. The van der Waals surface area contributed by atoms with E-state index in [0.29, 0.717) is 0 Å². The fraction of sp³-hybridized carbons (Fsp3) is 0. The summed E-state index contributed by atoms with van der Waals surface area (Å²) in [5, 5.41) is 43.6. The Morgan fingerprint density at radius 3 is 0.670 bits per heavy atom. The third-order valence-electron chi connectivity index (χ3n) is 15.1. The van der Waals surface area contributed by atoms with E-state index in [-0.39, 0.29) is 34.3 Å². The van der Waals surface area contributed by atoms with Crippen LogP contribution in [-0.4, -0.2) is 45.2 Å². The van der Waals surface area contributed by atoms with E-state index in [1.165, 1.54) is 14.1 Å². The Kier molecular flexibility index (Phi) is 14.5. The Morgan fingerprint density at radius 2 is 0.432 bits per heavy atom. The van der Waals surface area contributed by atoms with Gasteiger partial charge in [-0.25, -0.2) is 29.9 Å². The molecule has 0 spiro atoms. The van der Waals surface area contributed by atoms with Gasteiger partial charge in [-0.3, -0.25) is 0 Å². The molecule has 0 atom stereocenters. The van der Waals surface area contributed by atoms with E-state index in [9.17, 15) is 15.3 Å². The topological polar surface area (TPSA) is 138 Å². The van der Waals surface area contributed by atoms with Crippen molar-refractivity contribution < 1.29 is 32.4 Å². The first kappa shape index (κ1) is 55.3. The number of para-hydroxylation sites is 6. The molecule has 6 aromatic heterocycles. The molecule has 0 saturated carbocycles. The molecule has 0 unspecified atom stereocenters. The van der Waals surface area contributed by atoms with E-state index in [1.54, 1.807) is 68.0 Å².